The Kier molecular flexibility index (Phi) is 2.10. The van der Waals surface area contributed by atoms with Crippen molar-refractivity contribution in [2.24, 2.45) is 0 Å². The van der Waals surface area contributed by atoms with Crippen LogP contribution in [-0.2, 0) is 0 Å². The fourth-order valence-electron chi connectivity index (χ4n) is 1.25. The highest BCUT2D eigenvalue weighted by atomic mass is 15.4. The van der Waals surface area contributed by atoms with Gasteiger partial charge in [-0.3, -0.25) is 0 Å². The van der Waals surface area contributed by atoms with Crippen molar-refractivity contribution in [2.45, 2.75) is 6.92 Å². The summed E-state index contributed by atoms with van der Waals surface area (Å²) in [7, 11) is 0. The summed E-state index contributed by atoms with van der Waals surface area (Å²) in [5.74, 6) is 0.265. The van der Waals surface area contributed by atoms with Gasteiger partial charge in [0, 0.05) is 0 Å². The average molecular weight is 199 g/mol. The Morgan fingerprint density at radius 1 is 1.33 bits per heavy atom. The Morgan fingerprint density at radius 3 is 2.53 bits per heavy atom. The fraction of sp³-hybridized carbons (Fsp3) is 0.100. The van der Waals surface area contributed by atoms with Crippen LogP contribution in [0, 0.1) is 18.3 Å². The molecule has 0 atom stereocenters. The molecule has 2 rings (SSSR count). The van der Waals surface area contributed by atoms with Gasteiger partial charge in [-0.15, -0.1) is 5.10 Å². The van der Waals surface area contributed by atoms with Crippen molar-refractivity contribution in [1.82, 2.24) is 15.0 Å². The minimum absolute atomic E-state index is 0.149. The number of rotatable bonds is 1. The summed E-state index contributed by atoms with van der Waals surface area (Å²) < 4.78 is 1.44. The molecule has 0 spiro atoms. The molecular weight excluding hydrogens is 190 g/mol. The molecule has 2 aromatic rings. The van der Waals surface area contributed by atoms with Crippen molar-refractivity contribution in [2.75, 3.05) is 5.73 Å². The molecule has 0 fully saturated rings. The summed E-state index contributed by atoms with van der Waals surface area (Å²) in [4.78, 5) is 0. The first-order valence-corrected chi connectivity index (χ1v) is 4.40. The SMILES string of the molecule is Cc1ccc(-n2nnc(C#N)c2N)cc1. The number of nitrogens with two attached hydrogens (primary N) is 1. The lowest BCUT2D eigenvalue weighted by Gasteiger charge is -2.02. The van der Waals surface area contributed by atoms with E-state index in [1.54, 1.807) is 0 Å². The summed E-state index contributed by atoms with van der Waals surface area (Å²) >= 11 is 0. The van der Waals surface area contributed by atoms with Gasteiger partial charge < -0.3 is 5.73 Å². The Hall–Kier alpha value is -2.35. The first-order valence-electron chi connectivity index (χ1n) is 4.40. The molecule has 0 aliphatic rings. The quantitative estimate of drug-likeness (QED) is 0.743. The smallest absolute Gasteiger partial charge is 0.206 e. The molecule has 74 valence electrons. The van der Waals surface area contributed by atoms with E-state index in [0.29, 0.717) is 0 Å². The van der Waals surface area contributed by atoms with Gasteiger partial charge in [-0.05, 0) is 19.1 Å². The molecule has 5 nitrogen and oxygen atoms in total. The highest BCUT2D eigenvalue weighted by Gasteiger charge is 2.09. The van der Waals surface area contributed by atoms with Crippen LogP contribution in [0.4, 0.5) is 5.82 Å². The molecule has 1 heterocycles. The summed E-state index contributed by atoms with van der Waals surface area (Å²) in [6, 6.07) is 9.52. The van der Waals surface area contributed by atoms with Crippen LogP contribution in [0.5, 0.6) is 0 Å². The maximum absolute atomic E-state index is 8.68. The highest BCUT2D eigenvalue weighted by Crippen LogP contribution is 2.14. The van der Waals surface area contributed by atoms with E-state index in [2.05, 4.69) is 10.3 Å². The first kappa shape index (κ1) is 9.21. The minimum atomic E-state index is 0.149. The van der Waals surface area contributed by atoms with Gasteiger partial charge in [0.2, 0.25) is 5.69 Å². The average Bonchev–Trinajstić information content (AvgIpc) is 2.61. The Balaban J connectivity index is 2.51. The number of anilines is 1. The lowest BCUT2D eigenvalue weighted by molar-refractivity contribution is 0.808. The predicted molar refractivity (Wildman–Crippen MR) is 55.2 cm³/mol. The van der Waals surface area contributed by atoms with Crippen molar-refractivity contribution in [3.8, 4) is 11.8 Å². The molecule has 1 aromatic heterocycles. The minimum Gasteiger partial charge on any atom is -0.381 e. The lowest BCUT2D eigenvalue weighted by atomic mass is 10.2. The molecule has 5 heteroatoms. The number of benzene rings is 1. The van der Waals surface area contributed by atoms with Gasteiger partial charge >= 0.3 is 0 Å². The summed E-state index contributed by atoms with van der Waals surface area (Å²) in [6.07, 6.45) is 0. The van der Waals surface area contributed by atoms with Gasteiger partial charge in [-0.2, -0.15) is 9.94 Å². The van der Waals surface area contributed by atoms with Crippen molar-refractivity contribution < 1.29 is 0 Å². The highest BCUT2D eigenvalue weighted by molar-refractivity contribution is 5.49. The molecule has 1 aromatic carbocycles. The Morgan fingerprint density at radius 2 is 2.00 bits per heavy atom. The monoisotopic (exact) mass is 199 g/mol. The van der Waals surface area contributed by atoms with Gasteiger partial charge in [0.15, 0.2) is 5.82 Å². The molecule has 0 bridgehead atoms. The van der Waals surface area contributed by atoms with Crippen LogP contribution in [-0.4, -0.2) is 15.0 Å². The molecule has 15 heavy (non-hydrogen) atoms. The van der Waals surface area contributed by atoms with Crippen LogP contribution < -0.4 is 5.73 Å². The number of nitrogens with zero attached hydrogens (tertiary/aromatic N) is 4. The molecule has 0 radical (unpaired) electrons. The third-order valence-electron chi connectivity index (χ3n) is 2.09. The van der Waals surface area contributed by atoms with E-state index in [4.69, 9.17) is 11.0 Å². The largest absolute Gasteiger partial charge is 0.381 e. The first-order chi connectivity index (χ1) is 7.22. The maximum atomic E-state index is 8.68. The van der Waals surface area contributed by atoms with Crippen LogP contribution in [0.15, 0.2) is 24.3 Å². The number of hydrogen-bond donors (Lipinski definition) is 1. The zero-order chi connectivity index (χ0) is 10.8. The Bertz CT molecular complexity index is 518. The van der Waals surface area contributed by atoms with Gasteiger partial charge in [-0.25, -0.2) is 0 Å². The molecule has 0 aliphatic carbocycles. The fourth-order valence-corrected chi connectivity index (χ4v) is 1.25. The molecule has 0 unspecified atom stereocenters. The lowest BCUT2D eigenvalue weighted by Crippen LogP contribution is -2.02. The zero-order valence-electron chi connectivity index (χ0n) is 8.18. The van der Waals surface area contributed by atoms with Crippen LogP contribution in [0.1, 0.15) is 11.3 Å². The van der Waals surface area contributed by atoms with Crippen molar-refractivity contribution in [1.29, 1.82) is 5.26 Å². The molecule has 2 N–H and O–H groups in total. The Labute approximate surface area is 86.7 Å². The van der Waals surface area contributed by atoms with Crippen molar-refractivity contribution in [3.05, 3.63) is 35.5 Å². The third-order valence-corrected chi connectivity index (χ3v) is 2.09. The summed E-state index contributed by atoms with van der Waals surface area (Å²) in [5.41, 5.74) is 7.80. The van der Waals surface area contributed by atoms with E-state index in [1.807, 2.05) is 37.3 Å². The van der Waals surface area contributed by atoms with Gasteiger partial charge in [0.25, 0.3) is 0 Å². The number of nitriles is 1. The molecular formula is C10H9N5. The zero-order valence-corrected chi connectivity index (χ0v) is 8.18. The van der Waals surface area contributed by atoms with Gasteiger partial charge in [0.05, 0.1) is 5.69 Å². The van der Waals surface area contributed by atoms with Crippen LogP contribution in [0.2, 0.25) is 0 Å². The van der Waals surface area contributed by atoms with Gasteiger partial charge in [0.1, 0.15) is 6.07 Å². The number of hydrogen-bond acceptors (Lipinski definition) is 4. The van der Waals surface area contributed by atoms with Crippen LogP contribution in [0.3, 0.4) is 0 Å². The number of aromatic nitrogens is 3. The summed E-state index contributed by atoms with van der Waals surface area (Å²) in [6.45, 7) is 2.00. The molecule has 0 aliphatic heterocycles. The second-order valence-electron chi connectivity index (χ2n) is 3.18. The van der Waals surface area contributed by atoms with Gasteiger partial charge in [-0.1, -0.05) is 22.9 Å². The summed E-state index contributed by atoms with van der Waals surface area (Å²) in [5, 5.41) is 16.1. The van der Waals surface area contributed by atoms with E-state index < -0.39 is 0 Å². The maximum Gasteiger partial charge on any atom is 0.206 e. The van der Waals surface area contributed by atoms with Crippen LogP contribution in [0.25, 0.3) is 5.69 Å². The van der Waals surface area contributed by atoms with E-state index in [9.17, 15) is 0 Å². The van der Waals surface area contributed by atoms with Crippen molar-refractivity contribution in [3.63, 3.8) is 0 Å². The number of aryl methyl sites for hydroxylation is 1. The molecule has 0 saturated heterocycles. The topological polar surface area (TPSA) is 80.5 Å². The van der Waals surface area contributed by atoms with E-state index in [-0.39, 0.29) is 11.5 Å². The number of nitrogen functional groups attached to an aromatic ring is 1. The van der Waals surface area contributed by atoms with Crippen LogP contribution >= 0.6 is 0 Å². The predicted octanol–water partition coefficient (Wildman–Crippen LogP) is 1.03. The van der Waals surface area contributed by atoms with E-state index in [0.717, 1.165) is 11.3 Å². The molecule has 0 amide bonds. The second-order valence-corrected chi connectivity index (χ2v) is 3.18. The molecule has 0 saturated carbocycles. The van der Waals surface area contributed by atoms with E-state index in [1.165, 1.54) is 4.68 Å². The van der Waals surface area contributed by atoms with Crippen molar-refractivity contribution >= 4 is 5.82 Å². The second kappa shape index (κ2) is 3.42. The normalized spacial score (nSPS) is 9.87. The standard InChI is InChI=1S/C10H9N5/c1-7-2-4-8(5-3-7)15-10(12)9(6-11)13-14-15/h2-5H,12H2,1H3. The third kappa shape index (κ3) is 1.53. The van der Waals surface area contributed by atoms with E-state index >= 15 is 0 Å².